The van der Waals surface area contributed by atoms with Crippen molar-refractivity contribution in [2.24, 2.45) is 0 Å². The molecule has 0 bridgehead atoms. The summed E-state index contributed by atoms with van der Waals surface area (Å²) in [5.74, 6) is -0.785. The molecule has 0 aliphatic carbocycles. The van der Waals surface area contributed by atoms with E-state index in [1.54, 1.807) is 16.8 Å². The molecule has 0 atom stereocenters. The number of benzene rings is 1. The maximum absolute atomic E-state index is 12.8. The van der Waals surface area contributed by atoms with Gasteiger partial charge in [0.2, 0.25) is 5.76 Å². The molecule has 9 heteroatoms. The Labute approximate surface area is 175 Å². The summed E-state index contributed by atoms with van der Waals surface area (Å²) in [7, 11) is 1.24. The summed E-state index contributed by atoms with van der Waals surface area (Å²) >= 11 is 0.836. The topological polar surface area (TPSA) is 106 Å². The number of fused-ring (bicyclic) bond motifs is 1. The molecule has 1 aliphatic heterocycles. The fourth-order valence-electron chi connectivity index (χ4n) is 3.20. The number of esters is 1. The Balaban J connectivity index is 1.61. The highest BCUT2D eigenvalue weighted by Gasteiger charge is 2.36. The van der Waals surface area contributed by atoms with Crippen molar-refractivity contribution in [3.8, 4) is 6.07 Å². The van der Waals surface area contributed by atoms with Gasteiger partial charge < -0.3 is 13.7 Å². The molecule has 4 rings (SSSR count). The molecule has 150 valence electrons. The van der Waals surface area contributed by atoms with Crippen LogP contribution in [0.4, 0.5) is 4.79 Å². The molecule has 1 aliphatic rings. The molecule has 0 N–H and O–H groups in total. The minimum Gasteiger partial charge on any atom is -0.463 e. The van der Waals surface area contributed by atoms with Crippen LogP contribution in [0.3, 0.4) is 0 Å². The average molecular weight is 421 g/mol. The number of hydrogen-bond acceptors (Lipinski definition) is 7. The van der Waals surface area contributed by atoms with Crippen molar-refractivity contribution in [3.05, 3.63) is 64.6 Å². The first-order valence-electron chi connectivity index (χ1n) is 8.89. The first-order valence-corrected chi connectivity index (χ1v) is 9.70. The van der Waals surface area contributed by atoms with Gasteiger partial charge in [-0.1, -0.05) is 18.2 Å². The van der Waals surface area contributed by atoms with Crippen LogP contribution in [0, 0.1) is 11.3 Å². The molecule has 1 fully saturated rings. The van der Waals surface area contributed by atoms with Gasteiger partial charge in [0, 0.05) is 22.7 Å². The molecule has 3 heterocycles. The van der Waals surface area contributed by atoms with Gasteiger partial charge in [-0.25, -0.2) is 4.79 Å². The number of furan rings is 1. The second kappa shape index (κ2) is 7.93. The fourth-order valence-corrected chi connectivity index (χ4v) is 4.03. The molecule has 1 aromatic carbocycles. The van der Waals surface area contributed by atoms with Gasteiger partial charge in [-0.15, -0.1) is 0 Å². The van der Waals surface area contributed by atoms with Crippen LogP contribution in [-0.4, -0.2) is 33.7 Å². The molecule has 0 radical (unpaired) electrons. The third kappa shape index (κ3) is 3.49. The highest BCUT2D eigenvalue weighted by molar-refractivity contribution is 8.18. The van der Waals surface area contributed by atoms with Crippen molar-refractivity contribution in [2.75, 3.05) is 7.11 Å². The zero-order chi connectivity index (χ0) is 21.3. The molecule has 0 saturated carbocycles. The molecule has 8 nitrogen and oxygen atoms in total. The Kier molecular flexibility index (Phi) is 5.16. The number of carbonyl (C=O) groups is 3. The minimum atomic E-state index is -0.635. The van der Waals surface area contributed by atoms with Crippen LogP contribution in [0.15, 0.2) is 51.9 Å². The van der Waals surface area contributed by atoms with E-state index in [1.807, 2.05) is 24.3 Å². The molecular formula is C21H15N3O5S. The van der Waals surface area contributed by atoms with Gasteiger partial charge in [0.1, 0.15) is 12.3 Å². The predicted molar refractivity (Wildman–Crippen MR) is 109 cm³/mol. The Morgan fingerprint density at radius 1 is 1.27 bits per heavy atom. The van der Waals surface area contributed by atoms with E-state index in [1.165, 1.54) is 19.2 Å². The van der Waals surface area contributed by atoms with E-state index in [2.05, 4.69) is 10.8 Å². The number of methoxy groups -OCH3 is 1. The van der Waals surface area contributed by atoms with E-state index in [4.69, 9.17) is 9.68 Å². The van der Waals surface area contributed by atoms with Gasteiger partial charge in [0.25, 0.3) is 11.1 Å². The van der Waals surface area contributed by atoms with Crippen LogP contribution >= 0.6 is 11.8 Å². The number of imide groups is 1. The Morgan fingerprint density at radius 3 is 2.83 bits per heavy atom. The largest absolute Gasteiger partial charge is 0.463 e. The number of aromatic nitrogens is 1. The molecule has 0 unspecified atom stereocenters. The summed E-state index contributed by atoms with van der Waals surface area (Å²) in [6, 6.07) is 12.6. The van der Waals surface area contributed by atoms with Gasteiger partial charge in [-0.2, -0.15) is 5.26 Å². The van der Waals surface area contributed by atoms with Gasteiger partial charge in [-0.05, 0) is 36.0 Å². The number of thioether (sulfide) groups is 1. The number of amides is 2. The summed E-state index contributed by atoms with van der Waals surface area (Å²) < 4.78 is 11.7. The number of carbonyl (C=O) groups excluding carboxylic acids is 3. The van der Waals surface area contributed by atoms with Crippen molar-refractivity contribution < 1.29 is 23.5 Å². The van der Waals surface area contributed by atoms with E-state index in [9.17, 15) is 14.4 Å². The fraction of sp³-hybridized carbons (Fsp3) is 0.143. The normalized spacial score (nSPS) is 15.2. The molecule has 2 amide bonds. The van der Waals surface area contributed by atoms with E-state index in [-0.39, 0.29) is 23.8 Å². The van der Waals surface area contributed by atoms with Crippen molar-refractivity contribution in [1.29, 1.82) is 5.26 Å². The number of nitriles is 1. The lowest BCUT2D eigenvalue weighted by atomic mass is 10.1. The van der Waals surface area contributed by atoms with Crippen molar-refractivity contribution in [1.82, 2.24) is 9.47 Å². The first kappa shape index (κ1) is 19.5. The smallest absolute Gasteiger partial charge is 0.373 e. The lowest BCUT2D eigenvalue weighted by Crippen LogP contribution is -2.27. The average Bonchev–Trinajstić information content (AvgIpc) is 3.42. The second-order valence-corrected chi connectivity index (χ2v) is 7.41. The van der Waals surface area contributed by atoms with Crippen molar-refractivity contribution in [3.63, 3.8) is 0 Å². The number of nitrogens with zero attached hydrogens (tertiary/aromatic N) is 3. The molecule has 2 aromatic heterocycles. The van der Waals surface area contributed by atoms with Crippen molar-refractivity contribution >= 4 is 45.9 Å². The zero-order valence-corrected chi connectivity index (χ0v) is 16.6. The van der Waals surface area contributed by atoms with Gasteiger partial charge in [-0.3, -0.25) is 14.5 Å². The van der Waals surface area contributed by atoms with Crippen LogP contribution in [0.5, 0.6) is 0 Å². The van der Waals surface area contributed by atoms with Crippen LogP contribution in [0.2, 0.25) is 0 Å². The lowest BCUT2D eigenvalue weighted by Gasteiger charge is -2.09. The van der Waals surface area contributed by atoms with Gasteiger partial charge >= 0.3 is 5.97 Å². The van der Waals surface area contributed by atoms with E-state index < -0.39 is 17.1 Å². The Bertz CT molecular complexity index is 1250. The van der Waals surface area contributed by atoms with Crippen LogP contribution < -0.4 is 0 Å². The van der Waals surface area contributed by atoms with Gasteiger partial charge in [0.15, 0.2) is 0 Å². The zero-order valence-electron chi connectivity index (χ0n) is 15.8. The third-order valence-electron chi connectivity index (χ3n) is 4.58. The minimum absolute atomic E-state index is 0.000293. The number of para-hydroxylation sites is 1. The van der Waals surface area contributed by atoms with E-state index >= 15 is 0 Å². The highest BCUT2D eigenvalue weighted by Crippen LogP contribution is 2.35. The van der Waals surface area contributed by atoms with Crippen LogP contribution in [-0.2, 0) is 22.6 Å². The summed E-state index contributed by atoms with van der Waals surface area (Å²) in [5.41, 5.74) is 1.62. The molecule has 3 aromatic rings. The lowest BCUT2D eigenvalue weighted by molar-refractivity contribution is -0.123. The number of ether oxygens (including phenoxy) is 1. The van der Waals surface area contributed by atoms with Crippen molar-refractivity contribution in [2.45, 2.75) is 13.1 Å². The Hall–Kier alpha value is -3.77. The predicted octanol–water partition coefficient (Wildman–Crippen LogP) is 3.78. The molecule has 0 spiro atoms. The van der Waals surface area contributed by atoms with Crippen LogP contribution in [0.1, 0.15) is 21.9 Å². The third-order valence-corrected chi connectivity index (χ3v) is 5.49. The van der Waals surface area contributed by atoms with E-state index in [0.29, 0.717) is 5.76 Å². The van der Waals surface area contributed by atoms with E-state index in [0.717, 1.165) is 33.1 Å². The second-order valence-electron chi connectivity index (χ2n) is 6.41. The highest BCUT2D eigenvalue weighted by atomic mass is 32.2. The summed E-state index contributed by atoms with van der Waals surface area (Å²) in [6.07, 6.45) is 3.44. The molecular weight excluding hydrogens is 406 g/mol. The SMILES string of the molecule is COC(=O)c1ccc(CN2C(=O)S/C(=C/c3cn(CC#N)c4ccccc34)C2=O)o1. The molecule has 30 heavy (non-hydrogen) atoms. The Morgan fingerprint density at radius 2 is 2.07 bits per heavy atom. The van der Waals surface area contributed by atoms with Gasteiger partial charge in [0.05, 0.1) is 24.6 Å². The quantitative estimate of drug-likeness (QED) is 0.456. The summed E-state index contributed by atoms with van der Waals surface area (Å²) in [4.78, 5) is 38.1. The monoisotopic (exact) mass is 421 g/mol. The summed E-state index contributed by atoms with van der Waals surface area (Å²) in [6.45, 7) is 0.0893. The standard InChI is InChI=1S/C21H15N3O5S/c1-28-20(26)17-7-6-14(29-17)12-24-19(25)18(30-21(24)27)10-13-11-23(9-8-22)16-5-3-2-4-15(13)16/h2-7,10-11H,9,12H2,1H3/b18-10+. The maximum Gasteiger partial charge on any atom is 0.373 e. The number of hydrogen-bond donors (Lipinski definition) is 0. The first-order chi connectivity index (χ1) is 14.5. The summed E-state index contributed by atoms with van der Waals surface area (Å²) in [5, 5.41) is 9.50. The number of rotatable bonds is 5. The van der Waals surface area contributed by atoms with Crippen LogP contribution in [0.25, 0.3) is 17.0 Å². The maximum atomic E-state index is 12.8. The molecule has 1 saturated heterocycles.